The highest BCUT2D eigenvalue weighted by molar-refractivity contribution is 6.30. The van der Waals surface area contributed by atoms with Crippen molar-refractivity contribution in [3.8, 4) is 0 Å². The predicted octanol–water partition coefficient (Wildman–Crippen LogP) is 2.09. The van der Waals surface area contributed by atoms with Crippen LogP contribution in [-0.2, 0) is 4.74 Å². The number of nitro benzene ring substituents is 1. The maximum atomic E-state index is 11.2. The first-order valence-electron chi connectivity index (χ1n) is 9.81. The zero-order valence-corrected chi connectivity index (χ0v) is 17.2. The molecule has 7 nitrogen and oxygen atoms in total. The van der Waals surface area contributed by atoms with Gasteiger partial charge < -0.3 is 19.6 Å². The molecule has 1 aliphatic heterocycles. The maximum Gasteiger partial charge on any atom is 0.292 e. The number of aliphatic hydroxyl groups excluding tert-OH is 1. The topological polar surface area (TPSA) is 80.3 Å². The molecule has 8 heteroatoms. The highest BCUT2D eigenvalue weighted by Crippen LogP contribution is 2.27. The second-order valence-corrected chi connectivity index (χ2v) is 7.80. The van der Waals surface area contributed by atoms with Gasteiger partial charge in [-0.25, -0.2) is 0 Å². The smallest absolute Gasteiger partial charge is 0.292 e. The summed E-state index contributed by atoms with van der Waals surface area (Å²) in [5, 5.41) is 22.3. The maximum absolute atomic E-state index is 11.2. The molecule has 1 saturated heterocycles. The van der Waals surface area contributed by atoms with Crippen LogP contribution in [0, 0.1) is 10.1 Å². The van der Waals surface area contributed by atoms with Crippen LogP contribution in [0.4, 0.5) is 11.4 Å². The standard InChI is InChI=1S/C21H26ClN3O4/c1-16(17-6-8-18(22)9-7-17)29-15-19(26)14-23-10-12-24(13-11-23)20-4-2-3-5-21(20)25(27)28/h2-9,16,19,26H,10-15H2,1H3/p+1/t16-,19+/m1/s1. The average Bonchev–Trinajstić information content (AvgIpc) is 2.73. The van der Waals surface area contributed by atoms with Gasteiger partial charge >= 0.3 is 0 Å². The summed E-state index contributed by atoms with van der Waals surface area (Å²) in [6.45, 7) is 5.88. The predicted molar refractivity (Wildman–Crippen MR) is 113 cm³/mol. The molecule has 0 radical (unpaired) electrons. The number of anilines is 1. The van der Waals surface area contributed by atoms with Crippen molar-refractivity contribution < 1.29 is 19.7 Å². The molecular weight excluding hydrogens is 394 g/mol. The van der Waals surface area contributed by atoms with Crippen LogP contribution in [0.5, 0.6) is 0 Å². The average molecular weight is 421 g/mol. The number of halogens is 1. The van der Waals surface area contributed by atoms with Gasteiger partial charge in [-0.05, 0) is 30.7 Å². The van der Waals surface area contributed by atoms with Gasteiger partial charge in [-0.15, -0.1) is 0 Å². The number of nitrogens with one attached hydrogen (secondary N) is 1. The van der Waals surface area contributed by atoms with Crippen LogP contribution < -0.4 is 9.80 Å². The van der Waals surface area contributed by atoms with E-state index in [1.165, 1.54) is 11.0 Å². The molecule has 2 aromatic rings. The Morgan fingerprint density at radius 3 is 2.52 bits per heavy atom. The lowest BCUT2D eigenvalue weighted by molar-refractivity contribution is -0.903. The van der Waals surface area contributed by atoms with Crippen molar-refractivity contribution in [3.05, 3.63) is 69.2 Å². The zero-order valence-electron chi connectivity index (χ0n) is 16.5. The van der Waals surface area contributed by atoms with Crippen LogP contribution in [0.2, 0.25) is 5.02 Å². The molecule has 1 aliphatic rings. The number of nitrogens with zero attached hydrogens (tertiary/aromatic N) is 2. The Hall–Kier alpha value is -2.19. The molecule has 0 saturated carbocycles. The van der Waals surface area contributed by atoms with Crippen molar-refractivity contribution in [1.82, 2.24) is 0 Å². The Balaban J connectivity index is 1.44. The molecule has 0 unspecified atom stereocenters. The molecular formula is C21H27ClN3O4+. The number of hydrogen-bond donors (Lipinski definition) is 2. The third-order valence-corrected chi connectivity index (χ3v) is 5.54. The molecule has 0 spiro atoms. The van der Waals surface area contributed by atoms with Crippen molar-refractivity contribution >= 4 is 23.0 Å². The van der Waals surface area contributed by atoms with Gasteiger partial charge in [0.05, 0.1) is 43.8 Å². The molecule has 0 amide bonds. The summed E-state index contributed by atoms with van der Waals surface area (Å²) in [5.41, 5.74) is 1.82. The van der Waals surface area contributed by atoms with E-state index in [0.717, 1.165) is 31.7 Å². The molecule has 1 heterocycles. The summed E-state index contributed by atoms with van der Waals surface area (Å²) in [6.07, 6.45) is -0.676. The fraction of sp³-hybridized carbons (Fsp3) is 0.429. The number of piperazine rings is 1. The van der Waals surface area contributed by atoms with Gasteiger partial charge in [0.1, 0.15) is 18.3 Å². The lowest BCUT2D eigenvalue weighted by Gasteiger charge is -2.34. The molecule has 156 valence electrons. The monoisotopic (exact) mass is 420 g/mol. The van der Waals surface area contributed by atoms with E-state index in [0.29, 0.717) is 17.3 Å². The van der Waals surface area contributed by atoms with Crippen molar-refractivity contribution in [3.63, 3.8) is 0 Å². The van der Waals surface area contributed by atoms with Crippen molar-refractivity contribution in [2.45, 2.75) is 19.1 Å². The van der Waals surface area contributed by atoms with E-state index in [9.17, 15) is 15.2 Å². The molecule has 2 aromatic carbocycles. The van der Waals surface area contributed by atoms with Gasteiger partial charge in [0.25, 0.3) is 5.69 Å². The fourth-order valence-corrected chi connectivity index (χ4v) is 3.76. The third-order valence-electron chi connectivity index (χ3n) is 5.29. The Labute approximate surface area is 175 Å². The number of hydrogen-bond acceptors (Lipinski definition) is 5. The van der Waals surface area contributed by atoms with Crippen molar-refractivity contribution in [1.29, 1.82) is 0 Å². The number of aliphatic hydroxyl groups is 1. The SMILES string of the molecule is C[C@@H](OC[C@@H](O)C[NH+]1CCN(c2ccccc2[N+](=O)[O-])CC1)c1ccc(Cl)cc1. The van der Waals surface area contributed by atoms with E-state index < -0.39 is 6.10 Å². The largest absolute Gasteiger partial charge is 0.385 e. The summed E-state index contributed by atoms with van der Waals surface area (Å²) < 4.78 is 5.81. The summed E-state index contributed by atoms with van der Waals surface area (Å²) in [4.78, 5) is 14.2. The highest BCUT2D eigenvalue weighted by Gasteiger charge is 2.26. The van der Waals surface area contributed by atoms with E-state index >= 15 is 0 Å². The minimum atomic E-state index is -0.558. The number of ether oxygens (including phenoxy) is 1. The number of nitro groups is 1. The quantitative estimate of drug-likeness (QED) is 0.505. The van der Waals surface area contributed by atoms with Gasteiger partial charge in [-0.1, -0.05) is 35.9 Å². The molecule has 0 aromatic heterocycles. The number of rotatable bonds is 8. The molecule has 1 fully saturated rings. The Bertz CT molecular complexity index is 810. The van der Waals surface area contributed by atoms with Crippen LogP contribution in [0.3, 0.4) is 0 Å². The van der Waals surface area contributed by atoms with E-state index in [4.69, 9.17) is 16.3 Å². The van der Waals surface area contributed by atoms with E-state index in [2.05, 4.69) is 0 Å². The van der Waals surface area contributed by atoms with E-state index in [1.54, 1.807) is 12.1 Å². The van der Waals surface area contributed by atoms with Crippen LogP contribution in [0.15, 0.2) is 48.5 Å². The van der Waals surface area contributed by atoms with E-state index in [-0.39, 0.29) is 23.3 Å². The number of quaternary nitrogens is 1. The first-order chi connectivity index (χ1) is 13.9. The summed E-state index contributed by atoms with van der Waals surface area (Å²) in [6, 6.07) is 14.3. The Morgan fingerprint density at radius 2 is 1.86 bits per heavy atom. The van der Waals surface area contributed by atoms with Crippen molar-refractivity contribution in [2.24, 2.45) is 0 Å². The highest BCUT2D eigenvalue weighted by atomic mass is 35.5. The minimum absolute atomic E-state index is 0.118. The molecule has 2 N–H and O–H groups in total. The lowest BCUT2D eigenvalue weighted by Crippen LogP contribution is -3.16. The van der Waals surface area contributed by atoms with Crippen molar-refractivity contribution in [2.75, 3.05) is 44.2 Å². The van der Waals surface area contributed by atoms with Crippen LogP contribution >= 0.6 is 11.6 Å². The molecule has 29 heavy (non-hydrogen) atoms. The number of para-hydroxylation sites is 2. The summed E-state index contributed by atoms with van der Waals surface area (Å²) in [7, 11) is 0. The summed E-state index contributed by atoms with van der Waals surface area (Å²) in [5.74, 6) is 0. The first kappa shape index (κ1) is 21.5. The Kier molecular flexibility index (Phi) is 7.44. The third kappa shape index (κ3) is 5.90. The van der Waals surface area contributed by atoms with Gasteiger partial charge in [-0.3, -0.25) is 10.1 Å². The van der Waals surface area contributed by atoms with Crippen LogP contribution in [0.1, 0.15) is 18.6 Å². The lowest BCUT2D eigenvalue weighted by atomic mass is 10.1. The molecule has 0 aliphatic carbocycles. The van der Waals surface area contributed by atoms with E-state index in [1.807, 2.05) is 42.2 Å². The second-order valence-electron chi connectivity index (χ2n) is 7.37. The fourth-order valence-electron chi connectivity index (χ4n) is 3.63. The molecule has 2 atom stereocenters. The second kappa shape index (κ2) is 10.0. The van der Waals surface area contributed by atoms with Gasteiger partial charge in [0.15, 0.2) is 0 Å². The van der Waals surface area contributed by atoms with Gasteiger partial charge in [0, 0.05) is 11.1 Å². The normalized spacial score (nSPS) is 17.1. The van der Waals surface area contributed by atoms with Crippen LogP contribution in [-0.4, -0.2) is 55.5 Å². The zero-order chi connectivity index (χ0) is 20.8. The van der Waals surface area contributed by atoms with Gasteiger partial charge in [-0.2, -0.15) is 0 Å². The number of benzene rings is 2. The molecule has 0 bridgehead atoms. The molecule has 3 rings (SSSR count). The Morgan fingerprint density at radius 1 is 1.21 bits per heavy atom. The first-order valence-corrected chi connectivity index (χ1v) is 10.2. The summed E-state index contributed by atoms with van der Waals surface area (Å²) >= 11 is 5.91. The minimum Gasteiger partial charge on any atom is -0.385 e. The van der Waals surface area contributed by atoms with Crippen LogP contribution in [0.25, 0.3) is 0 Å². The van der Waals surface area contributed by atoms with Gasteiger partial charge in [0.2, 0.25) is 0 Å².